The van der Waals surface area contributed by atoms with Gasteiger partial charge < -0.3 is 10.2 Å². The highest BCUT2D eigenvalue weighted by Gasteiger charge is 2.35. The van der Waals surface area contributed by atoms with Gasteiger partial charge in [0.15, 0.2) is 0 Å². The van der Waals surface area contributed by atoms with Crippen LogP contribution < -0.4 is 9.62 Å². The van der Waals surface area contributed by atoms with Gasteiger partial charge in [0, 0.05) is 34.1 Å². The lowest BCUT2D eigenvalue weighted by Gasteiger charge is -2.34. The molecule has 2 amide bonds. The Morgan fingerprint density at radius 3 is 2.19 bits per heavy atom. The number of hydrogen-bond acceptors (Lipinski definition) is 4. The standard InChI is InChI=1S/C30H31Cl4N3O4S/c1-42(40,41)37(27-17-23(32)13-14-25(27)33)19-29(38)36(18-21-11-12-22(31)16-26(21)34)28(15-20-7-3-2-4-8-20)30(39)35-24-9-5-6-10-24/h2-4,7-8,11-14,16-17,24,28H,5-6,9-10,15,18-19H2,1H3,(H,35,39). The van der Waals surface area contributed by atoms with E-state index < -0.39 is 28.5 Å². The number of nitrogens with zero attached hydrogens (tertiary/aromatic N) is 2. The van der Waals surface area contributed by atoms with E-state index in [0.29, 0.717) is 15.6 Å². The summed E-state index contributed by atoms with van der Waals surface area (Å²) in [5.74, 6) is -0.944. The van der Waals surface area contributed by atoms with Gasteiger partial charge in [0.1, 0.15) is 12.6 Å². The number of hydrogen-bond donors (Lipinski definition) is 1. The quantitative estimate of drug-likeness (QED) is 0.244. The Hall–Kier alpha value is -2.49. The number of rotatable bonds is 11. The van der Waals surface area contributed by atoms with Gasteiger partial charge in [0.05, 0.1) is 17.0 Å². The first-order valence-electron chi connectivity index (χ1n) is 13.4. The molecule has 0 radical (unpaired) electrons. The third kappa shape index (κ3) is 8.54. The minimum absolute atomic E-state index is 0.00429. The fourth-order valence-corrected chi connectivity index (χ4v) is 6.78. The zero-order valence-corrected chi connectivity index (χ0v) is 26.7. The van der Waals surface area contributed by atoms with Gasteiger partial charge in [0.2, 0.25) is 21.8 Å². The van der Waals surface area contributed by atoms with Crippen LogP contribution in [0, 0.1) is 0 Å². The normalized spacial score (nSPS) is 14.4. The Morgan fingerprint density at radius 1 is 0.905 bits per heavy atom. The number of carbonyl (C=O) groups excluding carboxylic acids is 2. The predicted octanol–water partition coefficient (Wildman–Crippen LogP) is 6.77. The smallest absolute Gasteiger partial charge is 0.244 e. The number of benzene rings is 3. The van der Waals surface area contributed by atoms with Crippen molar-refractivity contribution in [1.82, 2.24) is 10.2 Å². The summed E-state index contributed by atoms with van der Waals surface area (Å²) in [5, 5.41) is 4.20. The van der Waals surface area contributed by atoms with E-state index in [9.17, 15) is 18.0 Å². The molecule has 7 nitrogen and oxygen atoms in total. The summed E-state index contributed by atoms with van der Waals surface area (Å²) < 4.78 is 26.8. The summed E-state index contributed by atoms with van der Waals surface area (Å²) in [5.41, 5.74) is 1.44. The van der Waals surface area contributed by atoms with Gasteiger partial charge in [-0.05, 0) is 54.3 Å². The van der Waals surface area contributed by atoms with Crippen molar-refractivity contribution in [3.8, 4) is 0 Å². The summed E-state index contributed by atoms with van der Waals surface area (Å²) in [6.07, 6.45) is 4.92. The minimum Gasteiger partial charge on any atom is -0.352 e. The molecule has 1 saturated carbocycles. The molecule has 0 bridgehead atoms. The number of amides is 2. The van der Waals surface area contributed by atoms with E-state index in [0.717, 1.165) is 41.8 Å². The van der Waals surface area contributed by atoms with E-state index in [1.54, 1.807) is 18.2 Å². The van der Waals surface area contributed by atoms with Crippen molar-refractivity contribution in [3.05, 3.63) is 97.9 Å². The molecule has 1 atom stereocenters. The SMILES string of the molecule is CS(=O)(=O)N(CC(=O)N(Cc1ccc(Cl)cc1Cl)C(Cc1ccccc1)C(=O)NC1CCCC1)c1cc(Cl)ccc1Cl. The molecule has 1 fully saturated rings. The van der Waals surface area contributed by atoms with E-state index in [-0.39, 0.29) is 40.6 Å². The van der Waals surface area contributed by atoms with Crippen molar-refractivity contribution in [3.63, 3.8) is 0 Å². The molecule has 1 N–H and O–H groups in total. The summed E-state index contributed by atoms with van der Waals surface area (Å²) in [7, 11) is -4.00. The number of nitrogens with one attached hydrogen (secondary N) is 1. The van der Waals surface area contributed by atoms with Crippen LogP contribution in [0.1, 0.15) is 36.8 Å². The van der Waals surface area contributed by atoms with Crippen LogP contribution in [0.5, 0.6) is 0 Å². The fourth-order valence-electron chi connectivity index (χ4n) is 5.03. The molecule has 1 aliphatic rings. The van der Waals surface area contributed by atoms with Crippen LogP contribution in [0.3, 0.4) is 0 Å². The number of halogens is 4. The Labute approximate surface area is 266 Å². The third-order valence-corrected chi connectivity index (χ3v) is 9.45. The van der Waals surface area contributed by atoms with Crippen LogP contribution in [0.4, 0.5) is 5.69 Å². The van der Waals surface area contributed by atoms with E-state index in [1.165, 1.54) is 23.1 Å². The van der Waals surface area contributed by atoms with Crippen molar-refractivity contribution in [2.24, 2.45) is 0 Å². The molecule has 0 aliphatic heterocycles. The lowest BCUT2D eigenvalue weighted by Crippen LogP contribution is -2.54. The molecule has 0 aromatic heterocycles. The summed E-state index contributed by atoms with van der Waals surface area (Å²) in [4.78, 5) is 29.5. The average molecular weight is 671 g/mol. The molecule has 0 heterocycles. The second-order valence-corrected chi connectivity index (χ2v) is 13.9. The second-order valence-electron chi connectivity index (χ2n) is 10.3. The molecule has 0 saturated heterocycles. The second kappa shape index (κ2) is 14.3. The molecule has 3 aromatic rings. The van der Waals surface area contributed by atoms with Gasteiger partial charge in [-0.2, -0.15) is 0 Å². The number of sulfonamides is 1. The Bertz CT molecular complexity index is 1530. The molecule has 3 aromatic carbocycles. The topological polar surface area (TPSA) is 86.8 Å². The zero-order chi connectivity index (χ0) is 30.4. The molecular formula is C30H31Cl4N3O4S. The van der Waals surface area contributed by atoms with Crippen molar-refractivity contribution in [2.45, 2.75) is 50.7 Å². The van der Waals surface area contributed by atoms with Crippen LogP contribution in [0.25, 0.3) is 0 Å². The molecule has 0 spiro atoms. The van der Waals surface area contributed by atoms with E-state index >= 15 is 0 Å². The number of anilines is 1. The maximum atomic E-state index is 14.2. The molecule has 1 aliphatic carbocycles. The molecule has 224 valence electrons. The Morgan fingerprint density at radius 2 is 1.55 bits per heavy atom. The maximum Gasteiger partial charge on any atom is 0.244 e. The van der Waals surface area contributed by atoms with Gasteiger partial charge in [-0.3, -0.25) is 13.9 Å². The molecule has 1 unspecified atom stereocenters. The van der Waals surface area contributed by atoms with Gasteiger partial charge in [0.25, 0.3) is 0 Å². The van der Waals surface area contributed by atoms with Crippen molar-refractivity contribution in [2.75, 3.05) is 17.1 Å². The fraction of sp³-hybridized carbons (Fsp3) is 0.333. The first-order valence-corrected chi connectivity index (χ1v) is 16.8. The first kappa shape index (κ1) is 32.4. The predicted molar refractivity (Wildman–Crippen MR) is 170 cm³/mol. The molecule has 42 heavy (non-hydrogen) atoms. The Kier molecular flexibility index (Phi) is 11.1. The van der Waals surface area contributed by atoms with Crippen LogP contribution in [-0.2, 0) is 32.6 Å². The Balaban J connectivity index is 1.77. The van der Waals surface area contributed by atoms with Crippen LogP contribution in [0.2, 0.25) is 20.1 Å². The number of carbonyl (C=O) groups is 2. The monoisotopic (exact) mass is 669 g/mol. The van der Waals surface area contributed by atoms with Crippen molar-refractivity contribution < 1.29 is 18.0 Å². The lowest BCUT2D eigenvalue weighted by molar-refractivity contribution is -0.140. The lowest BCUT2D eigenvalue weighted by atomic mass is 10.0. The van der Waals surface area contributed by atoms with Crippen molar-refractivity contribution >= 4 is 73.9 Å². The molecular weight excluding hydrogens is 640 g/mol. The van der Waals surface area contributed by atoms with E-state index in [4.69, 9.17) is 46.4 Å². The van der Waals surface area contributed by atoms with Gasteiger partial charge in [-0.1, -0.05) is 95.6 Å². The third-order valence-electron chi connectivity index (χ3n) is 7.18. The summed E-state index contributed by atoms with van der Waals surface area (Å²) >= 11 is 25.1. The zero-order valence-electron chi connectivity index (χ0n) is 22.9. The van der Waals surface area contributed by atoms with Gasteiger partial charge in [-0.15, -0.1) is 0 Å². The van der Waals surface area contributed by atoms with Crippen LogP contribution >= 0.6 is 46.4 Å². The summed E-state index contributed by atoms with van der Waals surface area (Å²) in [6, 6.07) is 17.6. The average Bonchev–Trinajstić information content (AvgIpc) is 3.44. The van der Waals surface area contributed by atoms with E-state index in [2.05, 4.69) is 5.32 Å². The highest BCUT2D eigenvalue weighted by atomic mass is 35.5. The van der Waals surface area contributed by atoms with Crippen LogP contribution in [0.15, 0.2) is 66.7 Å². The molecule has 4 rings (SSSR count). The minimum atomic E-state index is -4.00. The van der Waals surface area contributed by atoms with Gasteiger partial charge >= 0.3 is 0 Å². The maximum absolute atomic E-state index is 14.2. The largest absolute Gasteiger partial charge is 0.352 e. The highest BCUT2D eigenvalue weighted by molar-refractivity contribution is 7.92. The van der Waals surface area contributed by atoms with Crippen LogP contribution in [-0.4, -0.2) is 50.0 Å². The highest BCUT2D eigenvalue weighted by Crippen LogP contribution is 2.31. The first-order chi connectivity index (χ1) is 19.9. The molecule has 12 heteroatoms. The van der Waals surface area contributed by atoms with E-state index in [1.807, 2.05) is 30.3 Å². The van der Waals surface area contributed by atoms with Crippen molar-refractivity contribution in [1.29, 1.82) is 0 Å². The summed E-state index contributed by atoms with van der Waals surface area (Å²) in [6.45, 7) is -0.683. The van der Waals surface area contributed by atoms with Gasteiger partial charge in [-0.25, -0.2) is 8.42 Å².